The average Bonchev–Trinajstić information content (AvgIpc) is 3.24. The minimum absolute atomic E-state index is 0.218. The van der Waals surface area contributed by atoms with Crippen molar-refractivity contribution in [1.29, 1.82) is 0 Å². The van der Waals surface area contributed by atoms with Crippen LogP contribution in [0.25, 0.3) is 0 Å². The van der Waals surface area contributed by atoms with Crippen LogP contribution in [0.5, 0.6) is 5.75 Å². The van der Waals surface area contributed by atoms with Gasteiger partial charge in [0.15, 0.2) is 11.8 Å². The summed E-state index contributed by atoms with van der Waals surface area (Å²) < 4.78 is 11.0. The summed E-state index contributed by atoms with van der Waals surface area (Å²) in [5.74, 6) is -0.292. The van der Waals surface area contributed by atoms with E-state index in [4.69, 9.17) is 32.7 Å². The van der Waals surface area contributed by atoms with Gasteiger partial charge in [-0.25, -0.2) is 9.79 Å². The summed E-state index contributed by atoms with van der Waals surface area (Å²) in [6.45, 7) is 3.61. The van der Waals surface area contributed by atoms with E-state index in [2.05, 4.69) is 10.3 Å². The minimum atomic E-state index is -0.427. The number of halogens is 2. The Kier molecular flexibility index (Phi) is 7.50. The Morgan fingerprint density at radius 1 is 1.18 bits per heavy atom. The maximum absolute atomic E-state index is 12.8. The van der Waals surface area contributed by atoms with Crippen molar-refractivity contribution in [3.8, 4) is 5.75 Å². The fourth-order valence-corrected chi connectivity index (χ4v) is 4.96. The normalized spacial score (nSPS) is 16.8. The van der Waals surface area contributed by atoms with Crippen molar-refractivity contribution in [2.45, 2.75) is 19.9 Å². The average molecular weight is 518 g/mol. The van der Waals surface area contributed by atoms with Gasteiger partial charge in [-0.1, -0.05) is 47.1 Å². The summed E-state index contributed by atoms with van der Waals surface area (Å²) in [7, 11) is 0. The highest BCUT2D eigenvalue weighted by Crippen LogP contribution is 2.41. The summed E-state index contributed by atoms with van der Waals surface area (Å²) in [6.07, 6.45) is 1.89. The lowest BCUT2D eigenvalue weighted by Gasteiger charge is -2.33. The molecular weight excluding hydrogens is 497 g/mol. The number of fused-ring (bicyclic) bond motifs is 1. The summed E-state index contributed by atoms with van der Waals surface area (Å²) in [6, 6.07) is 11.6. The molecule has 2 aliphatic heterocycles. The van der Waals surface area contributed by atoms with Gasteiger partial charge in [-0.2, -0.15) is 0 Å². The topological polar surface area (TPSA) is 80.2 Å². The summed E-state index contributed by atoms with van der Waals surface area (Å²) in [5, 5.41) is 6.24. The number of thioether (sulfide) groups is 1. The second-order valence-electron chi connectivity index (χ2n) is 7.39. The number of allylic oxidation sites excluding steroid dienone is 1. The minimum Gasteiger partial charge on any atom is -0.484 e. The molecule has 0 fully saturated rings. The first-order valence-corrected chi connectivity index (χ1v) is 12.1. The van der Waals surface area contributed by atoms with E-state index in [9.17, 15) is 9.59 Å². The molecule has 34 heavy (non-hydrogen) atoms. The van der Waals surface area contributed by atoms with Gasteiger partial charge in [0.2, 0.25) is 0 Å². The molecule has 176 valence electrons. The molecule has 1 atom stereocenters. The van der Waals surface area contributed by atoms with Crippen LogP contribution in [0.3, 0.4) is 0 Å². The van der Waals surface area contributed by atoms with Crippen molar-refractivity contribution in [2.75, 3.05) is 18.5 Å². The van der Waals surface area contributed by atoms with E-state index in [1.54, 1.807) is 44.2 Å². The number of nitrogens with one attached hydrogen (secondary N) is 1. The van der Waals surface area contributed by atoms with Crippen molar-refractivity contribution in [2.24, 2.45) is 4.99 Å². The van der Waals surface area contributed by atoms with Crippen LogP contribution >= 0.6 is 35.0 Å². The quantitative estimate of drug-likeness (QED) is 0.469. The first-order chi connectivity index (χ1) is 16.4. The highest BCUT2D eigenvalue weighted by atomic mass is 35.5. The second kappa shape index (κ2) is 10.5. The lowest BCUT2D eigenvalue weighted by molar-refractivity contribution is -0.139. The van der Waals surface area contributed by atoms with E-state index in [1.165, 1.54) is 11.8 Å². The SMILES string of the molecule is CCOC(=O)C1=C(C)N=C2SC=CN2[C@H]1c1cccc(OCC(=O)Nc2cc(Cl)cc(Cl)c2)c1. The summed E-state index contributed by atoms with van der Waals surface area (Å²) >= 11 is 13.4. The fraction of sp³-hybridized carbons (Fsp3) is 0.208. The predicted octanol–water partition coefficient (Wildman–Crippen LogP) is 5.78. The van der Waals surface area contributed by atoms with Crippen LogP contribution in [0.1, 0.15) is 25.5 Å². The number of amides is 1. The molecule has 10 heteroatoms. The van der Waals surface area contributed by atoms with E-state index in [0.29, 0.717) is 32.8 Å². The summed E-state index contributed by atoms with van der Waals surface area (Å²) in [4.78, 5) is 31.7. The van der Waals surface area contributed by atoms with E-state index in [1.807, 2.05) is 28.6 Å². The van der Waals surface area contributed by atoms with Crippen molar-refractivity contribution < 1.29 is 19.1 Å². The maximum atomic E-state index is 12.8. The predicted molar refractivity (Wildman–Crippen MR) is 135 cm³/mol. The van der Waals surface area contributed by atoms with Gasteiger partial charge in [0, 0.05) is 21.9 Å². The number of esters is 1. The molecule has 0 saturated carbocycles. The molecule has 2 aliphatic rings. The number of amidine groups is 1. The third kappa shape index (κ3) is 5.41. The molecular formula is C24H21Cl2N3O4S. The number of hydrogen-bond acceptors (Lipinski definition) is 7. The number of rotatable bonds is 7. The van der Waals surface area contributed by atoms with Gasteiger partial charge < -0.3 is 19.7 Å². The smallest absolute Gasteiger partial charge is 0.338 e. The molecule has 1 N–H and O–H groups in total. The molecule has 2 heterocycles. The molecule has 0 spiro atoms. The monoisotopic (exact) mass is 517 g/mol. The van der Waals surface area contributed by atoms with Crippen LogP contribution < -0.4 is 10.1 Å². The Morgan fingerprint density at radius 3 is 2.68 bits per heavy atom. The van der Waals surface area contributed by atoms with Gasteiger partial charge in [0.05, 0.1) is 23.9 Å². The van der Waals surface area contributed by atoms with E-state index in [-0.39, 0.29) is 19.1 Å². The number of ether oxygens (including phenoxy) is 2. The van der Waals surface area contributed by atoms with E-state index >= 15 is 0 Å². The summed E-state index contributed by atoms with van der Waals surface area (Å²) in [5.41, 5.74) is 2.36. The Morgan fingerprint density at radius 2 is 1.94 bits per heavy atom. The van der Waals surface area contributed by atoms with Crippen LogP contribution in [-0.2, 0) is 14.3 Å². The molecule has 4 rings (SSSR count). The van der Waals surface area contributed by atoms with Crippen molar-refractivity contribution in [1.82, 2.24) is 4.90 Å². The van der Waals surface area contributed by atoms with Gasteiger partial charge in [0.25, 0.3) is 5.91 Å². The van der Waals surface area contributed by atoms with Gasteiger partial charge >= 0.3 is 5.97 Å². The second-order valence-corrected chi connectivity index (χ2v) is 9.14. The number of hydrogen-bond donors (Lipinski definition) is 1. The third-order valence-electron chi connectivity index (χ3n) is 5.01. The number of nitrogens with zero attached hydrogens (tertiary/aromatic N) is 2. The molecule has 7 nitrogen and oxygen atoms in total. The zero-order valence-electron chi connectivity index (χ0n) is 18.4. The van der Waals surface area contributed by atoms with Crippen molar-refractivity contribution in [3.05, 3.63) is 81.0 Å². The zero-order chi connectivity index (χ0) is 24.2. The van der Waals surface area contributed by atoms with Gasteiger partial charge in [-0.15, -0.1) is 0 Å². The van der Waals surface area contributed by atoms with Crippen molar-refractivity contribution >= 4 is 57.7 Å². The molecule has 0 aromatic heterocycles. The van der Waals surface area contributed by atoms with Gasteiger partial charge in [0.1, 0.15) is 5.75 Å². The molecule has 0 bridgehead atoms. The zero-order valence-corrected chi connectivity index (χ0v) is 20.7. The van der Waals surface area contributed by atoms with Crippen molar-refractivity contribution in [3.63, 3.8) is 0 Å². The molecule has 0 radical (unpaired) electrons. The Balaban J connectivity index is 1.52. The Hall–Kier alpha value is -2.94. The van der Waals surface area contributed by atoms with Crippen LogP contribution in [-0.4, -0.2) is 35.2 Å². The first-order valence-electron chi connectivity index (χ1n) is 10.4. The highest BCUT2D eigenvalue weighted by molar-refractivity contribution is 8.16. The molecule has 0 unspecified atom stereocenters. The number of anilines is 1. The van der Waals surface area contributed by atoms with Gasteiger partial charge in [-0.3, -0.25) is 4.79 Å². The van der Waals surface area contributed by atoms with Crippen LogP contribution in [0.2, 0.25) is 10.0 Å². The molecule has 0 saturated heterocycles. The Labute approximate surface area is 211 Å². The number of carbonyl (C=O) groups is 2. The number of aliphatic imine (C=N–C) groups is 1. The van der Waals surface area contributed by atoms with Crippen LogP contribution in [0.4, 0.5) is 5.69 Å². The highest BCUT2D eigenvalue weighted by Gasteiger charge is 2.37. The standard InChI is InChI=1S/C24H21Cl2N3O4S/c1-3-32-23(31)21-14(2)27-24-29(7-8-34-24)22(21)15-5-4-6-19(9-15)33-13-20(30)28-18-11-16(25)10-17(26)12-18/h4-12,22H,3,13H2,1-2H3,(H,28,30)/t22-/m0/s1. The number of carbonyl (C=O) groups excluding carboxylic acids is 2. The molecule has 2 aromatic rings. The van der Waals surface area contributed by atoms with Crippen LogP contribution in [0, 0.1) is 0 Å². The fourth-order valence-electron chi connectivity index (χ4n) is 3.64. The number of benzene rings is 2. The third-order valence-corrected chi connectivity index (χ3v) is 6.21. The molecule has 1 amide bonds. The maximum Gasteiger partial charge on any atom is 0.338 e. The lowest BCUT2D eigenvalue weighted by Crippen LogP contribution is -2.34. The lowest BCUT2D eigenvalue weighted by atomic mass is 9.94. The first kappa shape index (κ1) is 24.2. The molecule has 2 aromatic carbocycles. The van der Waals surface area contributed by atoms with Crippen LogP contribution in [0.15, 0.2) is 70.3 Å². The Bertz CT molecular complexity index is 1210. The van der Waals surface area contributed by atoms with E-state index in [0.717, 1.165) is 10.7 Å². The van der Waals surface area contributed by atoms with Gasteiger partial charge in [-0.05, 0) is 55.2 Å². The molecule has 0 aliphatic carbocycles. The van der Waals surface area contributed by atoms with E-state index < -0.39 is 12.0 Å². The largest absolute Gasteiger partial charge is 0.484 e.